The van der Waals surface area contributed by atoms with E-state index in [1.54, 1.807) is 0 Å². The Balaban J connectivity index is 1.54. The van der Waals surface area contributed by atoms with Crippen molar-refractivity contribution < 1.29 is 9.90 Å². The molecule has 0 aliphatic carbocycles. The van der Waals surface area contributed by atoms with Crippen molar-refractivity contribution in [1.82, 2.24) is 20.0 Å². The number of carboxylic acids is 1. The van der Waals surface area contributed by atoms with Crippen LogP contribution >= 0.6 is 0 Å². The van der Waals surface area contributed by atoms with Gasteiger partial charge in [0, 0.05) is 43.0 Å². The lowest BCUT2D eigenvalue weighted by Crippen LogP contribution is -2.14. The molecule has 0 saturated heterocycles. The predicted octanol–water partition coefficient (Wildman–Crippen LogP) is 3.18. The molecule has 0 spiro atoms. The third kappa shape index (κ3) is 2.47. The smallest absolute Gasteiger partial charge is 0.357 e. The molecule has 0 bridgehead atoms. The summed E-state index contributed by atoms with van der Waals surface area (Å²) in [5.41, 5.74) is 6.40. The molecule has 0 unspecified atom stereocenters. The number of aromatic carboxylic acids is 1. The van der Waals surface area contributed by atoms with E-state index >= 15 is 0 Å². The van der Waals surface area contributed by atoms with Crippen molar-refractivity contribution in [3.8, 4) is 11.3 Å². The lowest BCUT2D eigenvalue weighted by atomic mass is 10.0. The highest BCUT2D eigenvalue weighted by molar-refractivity contribution is 6.02. The van der Waals surface area contributed by atoms with Gasteiger partial charge in [-0.3, -0.25) is 9.78 Å². The van der Waals surface area contributed by atoms with Gasteiger partial charge < -0.3 is 10.0 Å². The van der Waals surface area contributed by atoms with E-state index in [0.717, 1.165) is 35.6 Å². The maximum Gasteiger partial charge on any atom is 0.357 e. The van der Waals surface area contributed by atoms with Crippen LogP contribution in [0.25, 0.3) is 22.2 Å². The predicted molar refractivity (Wildman–Crippen MR) is 102 cm³/mol. The molecular formula is C20H17N5O2. The first kappa shape index (κ1) is 15.6. The molecule has 7 heteroatoms. The fourth-order valence-electron chi connectivity index (χ4n) is 3.76. The molecule has 7 nitrogen and oxygen atoms in total. The third-order valence-corrected chi connectivity index (χ3v) is 5.09. The van der Waals surface area contributed by atoms with Crippen LogP contribution in [0, 0.1) is 0 Å². The van der Waals surface area contributed by atoms with E-state index < -0.39 is 5.97 Å². The summed E-state index contributed by atoms with van der Waals surface area (Å²) in [5.74, 6) is -1.03. The van der Waals surface area contributed by atoms with Crippen molar-refractivity contribution in [2.45, 2.75) is 13.1 Å². The van der Waals surface area contributed by atoms with E-state index in [9.17, 15) is 9.90 Å². The fraction of sp³-hybridized carbons (Fsp3) is 0.150. The van der Waals surface area contributed by atoms with Gasteiger partial charge in [-0.05, 0) is 35.4 Å². The summed E-state index contributed by atoms with van der Waals surface area (Å²) in [7, 11) is 1.92. The molecule has 27 heavy (non-hydrogen) atoms. The summed E-state index contributed by atoms with van der Waals surface area (Å²) in [6.07, 6.45) is 1.95. The van der Waals surface area contributed by atoms with Crippen molar-refractivity contribution in [2.75, 3.05) is 4.90 Å². The molecule has 2 N–H and O–H groups in total. The van der Waals surface area contributed by atoms with E-state index in [4.69, 9.17) is 0 Å². The Kier molecular flexibility index (Phi) is 3.30. The molecule has 0 atom stereocenters. The fourth-order valence-corrected chi connectivity index (χ4v) is 3.76. The van der Waals surface area contributed by atoms with Crippen molar-refractivity contribution in [1.29, 1.82) is 0 Å². The molecule has 134 valence electrons. The van der Waals surface area contributed by atoms with Gasteiger partial charge in [0.15, 0.2) is 5.69 Å². The average molecular weight is 359 g/mol. The summed E-state index contributed by atoms with van der Waals surface area (Å²) in [6, 6.07) is 14.1. The Bertz CT molecular complexity index is 1190. The highest BCUT2D eigenvalue weighted by Crippen LogP contribution is 2.35. The minimum atomic E-state index is -1.03. The van der Waals surface area contributed by atoms with E-state index in [1.165, 1.54) is 11.1 Å². The number of aryl methyl sites for hydroxylation is 1. The molecule has 5 rings (SSSR count). The summed E-state index contributed by atoms with van der Waals surface area (Å²) in [6.45, 7) is 1.54. The number of carboxylic acid groups (broad SMARTS) is 1. The van der Waals surface area contributed by atoms with Crippen LogP contribution in [0.4, 0.5) is 5.69 Å². The summed E-state index contributed by atoms with van der Waals surface area (Å²) >= 11 is 0. The lowest BCUT2D eigenvalue weighted by Gasteiger charge is -2.18. The van der Waals surface area contributed by atoms with Gasteiger partial charge in [0.1, 0.15) is 0 Å². The number of rotatable bonds is 3. The zero-order chi connectivity index (χ0) is 18.5. The van der Waals surface area contributed by atoms with Crippen molar-refractivity contribution in [3.05, 3.63) is 65.5 Å². The minimum absolute atomic E-state index is 0.0535. The van der Waals surface area contributed by atoms with Crippen LogP contribution in [0.15, 0.2) is 48.7 Å². The topological polar surface area (TPSA) is 87.0 Å². The SMILES string of the molecule is Cn1ccc(-c2cccc3c2CN(c2ccc4[nH]nc(C(=O)O)c4c2)C3)n1. The van der Waals surface area contributed by atoms with Gasteiger partial charge in [-0.1, -0.05) is 18.2 Å². The highest BCUT2D eigenvalue weighted by Gasteiger charge is 2.24. The zero-order valence-corrected chi connectivity index (χ0v) is 14.7. The molecular weight excluding hydrogens is 342 g/mol. The molecule has 0 fully saturated rings. The number of benzene rings is 2. The number of fused-ring (bicyclic) bond motifs is 2. The lowest BCUT2D eigenvalue weighted by molar-refractivity contribution is 0.0692. The van der Waals surface area contributed by atoms with Gasteiger partial charge in [-0.15, -0.1) is 0 Å². The molecule has 0 saturated carbocycles. The standard InChI is InChI=1S/C20H17N5O2/c1-24-8-7-18(23-24)14-4-2-3-12-10-25(11-16(12)14)13-5-6-17-15(9-13)19(20(26)27)22-21-17/h2-9H,10-11H2,1H3,(H,21,22)(H,26,27). The van der Waals surface area contributed by atoms with Gasteiger partial charge >= 0.3 is 5.97 Å². The molecule has 1 aliphatic heterocycles. The molecule has 0 amide bonds. The second-order valence-corrected chi connectivity index (χ2v) is 6.78. The number of carbonyl (C=O) groups is 1. The zero-order valence-electron chi connectivity index (χ0n) is 14.7. The summed E-state index contributed by atoms with van der Waals surface area (Å²) in [4.78, 5) is 13.6. The first-order valence-electron chi connectivity index (χ1n) is 8.67. The van der Waals surface area contributed by atoms with Crippen LogP contribution in [0.1, 0.15) is 21.6 Å². The number of aromatic nitrogens is 4. The van der Waals surface area contributed by atoms with Gasteiger partial charge in [0.25, 0.3) is 0 Å². The van der Waals surface area contributed by atoms with Crippen molar-refractivity contribution >= 4 is 22.6 Å². The van der Waals surface area contributed by atoms with E-state index in [0.29, 0.717) is 5.39 Å². The minimum Gasteiger partial charge on any atom is -0.476 e. The molecule has 0 radical (unpaired) electrons. The van der Waals surface area contributed by atoms with Gasteiger partial charge in [-0.2, -0.15) is 10.2 Å². The summed E-state index contributed by atoms with van der Waals surface area (Å²) in [5, 5.41) is 21.2. The van der Waals surface area contributed by atoms with Crippen LogP contribution < -0.4 is 4.90 Å². The quantitative estimate of drug-likeness (QED) is 0.587. The molecule has 4 aromatic rings. The average Bonchev–Trinajstić information content (AvgIpc) is 3.37. The second kappa shape index (κ2) is 5.70. The number of nitrogens with one attached hydrogen (secondary N) is 1. The molecule has 2 aromatic heterocycles. The highest BCUT2D eigenvalue weighted by atomic mass is 16.4. The van der Waals surface area contributed by atoms with Gasteiger partial charge in [0.05, 0.1) is 11.2 Å². The third-order valence-electron chi connectivity index (χ3n) is 5.09. The Hall–Kier alpha value is -3.61. The van der Waals surface area contributed by atoms with E-state index in [2.05, 4.69) is 38.4 Å². The number of hydrogen-bond donors (Lipinski definition) is 2. The number of hydrogen-bond acceptors (Lipinski definition) is 4. The maximum atomic E-state index is 11.4. The Labute approximate surface area is 154 Å². The molecule has 1 aliphatic rings. The number of H-pyrrole nitrogens is 1. The normalized spacial score (nSPS) is 13.3. The Morgan fingerprint density at radius 3 is 2.85 bits per heavy atom. The number of nitrogens with zero attached hydrogens (tertiary/aromatic N) is 4. The molecule has 2 aromatic carbocycles. The largest absolute Gasteiger partial charge is 0.476 e. The summed E-state index contributed by atoms with van der Waals surface area (Å²) < 4.78 is 1.81. The van der Waals surface area contributed by atoms with Crippen LogP contribution in [0.5, 0.6) is 0 Å². The maximum absolute atomic E-state index is 11.4. The van der Waals surface area contributed by atoms with Crippen molar-refractivity contribution in [3.63, 3.8) is 0 Å². The van der Waals surface area contributed by atoms with Crippen LogP contribution in [0.3, 0.4) is 0 Å². The van der Waals surface area contributed by atoms with E-state index in [-0.39, 0.29) is 5.69 Å². The Morgan fingerprint density at radius 2 is 2.07 bits per heavy atom. The van der Waals surface area contributed by atoms with Crippen LogP contribution in [0.2, 0.25) is 0 Å². The number of aromatic amines is 1. The molecule has 3 heterocycles. The second-order valence-electron chi connectivity index (χ2n) is 6.78. The Morgan fingerprint density at radius 1 is 1.19 bits per heavy atom. The van der Waals surface area contributed by atoms with E-state index in [1.807, 2.05) is 42.2 Å². The first-order valence-corrected chi connectivity index (χ1v) is 8.67. The van der Waals surface area contributed by atoms with Crippen molar-refractivity contribution in [2.24, 2.45) is 7.05 Å². The van der Waals surface area contributed by atoms with Gasteiger partial charge in [-0.25, -0.2) is 4.79 Å². The van der Waals surface area contributed by atoms with Crippen LogP contribution in [-0.4, -0.2) is 31.1 Å². The number of anilines is 1. The first-order chi connectivity index (χ1) is 13.1. The van der Waals surface area contributed by atoms with Gasteiger partial charge in [0.2, 0.25) is 0 Å². The van der Waals surface area contributed by atoms with Crippen LogP contribution in [-0.2, 0) is 20.1 Å². The monoisotopic (exact) mass is 359 g/mol.